The summed E-state index contributed by atoms with van der Waals surface area (Å²) in [7, 11) is -3.54. The van der Waals surface area contributed by atoms with E-state index in [9.17, 15) is 13.2 Å². The van der Waals surface area contributed by atoms with E-state index in [0.717, 1.165) is 31.0 Å². The molecule has 0 spiro atoms. The summed E-state index contributed by atoms with van der Waals surface area (Å²) in [5.74, 6) is 1.50. The molecule has 5 nitrogen and oxygen atoms in total. The molecule has 3 rings (SSSR count). The van der Waals surface area contributed by atoms with Gasteiger partial charge in [0.2, 0.25) is 15.9 Å². The largest absolute Gasteiger partial charge is 0.342 e. The number of hydrogen-bond acceptors (Lipinski definition) is 3. The Labute approximate surface area is 150 Å². The van der Waals surface area contributed by atoms with Gasteiger partial charge in [0.25, 0.3) is 0 Å². The number of piperidine rings is 1. The lowest BCUT2D eigenvalue weighted by molar-refractivity contribution is -0.134. The molecule has 1 aromatic carbocycles. The molecule has 138 valence electrons. The third kappa shape index (κ3) is 4.61. The highest BCUT2D eigenvalue weighted by Gasteiger charge is 2.32. The smallest absolute Gasteiger partial charge is 0.240 e. The van der Waals surface area contributed by atoms with Crippen molar-refractivity contribution in [3.05, 3.63) is 29.8 Å². The second kappa shape index (κ2) is 7.87. The fourth-order valence-corrected chi connectivity index (χ4v) is 5.11. The topological polar surface area (TPSA) is 66.5 Å². The fraction of sp³-hybridized carbons (Fsp3) is 0.632. The van der Waals surface area contributed by atoms with Crippen LogP contribution in [0, 0.1) is 18.8 Å². The molecule has 25 heavy (non-hydrogen) atoms. The van der Waals surface area contributed by atoms with E-state index in [1.807, 2.05) is 11.8 Å². The predicted octanol–water partition coefficient (Wildman–Crippen LogP) is 2.70. The first kappa shape index (κ1) is 18.4. The van der Waals surface area contributed by atoms with Gasteiger partial charge in [-0.05, 0) is 43.7 Å². The Morgan fingerprint density at radius 2 is 1.80 bits per heavy atom. The SMILES string of the molecule is Cc1ccc(S(=O)(=O)NCCC(=O)N2CC[C@H]3CCCC[C@@H]3C2)cc1. The van der Waals surface area contributed by atoms with E-state index in [0.29, 0.717) is 5.92 Å². The van der Waals surface area contributed by atoms with Crippen molar-refractivity contribution in [1.82, 2.24) is 9.62 Å². The molecule has 1 aromatic rings. The Kier molecular flexibility index (Phi) is 5.79. The van der Waals surface area contributed by atoms with Crippen LogP contribution in [0.2, 0.25) is 0 Å². The van der Waals surface area contributed by atoms with Crippen molar-refractivity contribution < 1.29 is 13.2 Å². The zero-order chi connectivity index (χ0) is 17.9. The lowest BCUT2D eigenvalue weighted by Gasteiger charge is -2.41. The molecular weight excluding hydrogens is 336 g/mol. The Morgan fingerprint density at radius 3 is 2.52 bits per heavy atom. The molecular formula is C19H28N2O3S. The molecule has 1 N–H and O–H groups in total. The van der Waals surface area contributed by atoms with Crippen LogP contribution in [0.15, 0.2) is 29.2 Å². The molecule has 0 aromatic heterocycles. The molecule has 1 saturated carbocycles. The van der Waals surface area contributed by atoms with Crippen LogP contribution in [0.3, 0.4) is 0 Å². The van der Waals surface area contributed by atoms with E-state index in [1.165, 1.54) is 25.7 Å². The Hall–Kier alpha value is -1.40. The van der Waals surface area contributed by atoms with Crippen molar-refractivity contribution in [1.29, 1.82) is 0 Å². The molecule has 1 saturated heterocycles. The van der Waals surface area contributed by atoms with Crippen LogP contribution in [-0.4, -0.2) is 38.9 Å². The van der Waals surface area contributed by atoms with E-state index < -0.39 is 10.0 Å². The van der Waals surface area contributed by atoms with Crippen molar-refractivity contribution in [3.63, 3.8) is 0 Å². The third-order valence-corrected chi connectivity index (χ3v) is 7.08. The summed E-state index contributed by atoms with van der Waals surface area (Å²) in [6.45, 7) is 3.75. The van der Waals surface area contributed by atoms with Crippen molar-refractivity contribution in [3.8, 4) is 0 Å². The molecule has 2 aliphatic rings. The normalized spacial score (nSPS) is 24.0. The second-order valence-electron chi connectivity index (χ2n) is 7.39. The number of likely N-dealkylation sites (tertiary alicyclic amines) is 1. The monoisotopic (exact) mass is 364 g/mol. The maximum absolute atomic E-state index is 12.4. The summed E-state index contributed by atoms with van der Waals surface area (Å²) in [6.07, 6.45) is 6.47. The Bertz CT molecular complexity index is 700. The van der Waals surface area contributed by atoms with E-state index in [-0.39, 0.29) is 23.8 Å². The lowest BCUT2D eigenvalue weighted by atomic mass is 9.75. The number of aryl methyl sites for hydroxylation is 1. The van der Waals surface area contributed by atoms with E-state index in [4.69, 9.17) is 0 Å². The number of carbonyl (C=O) groups is 1. The van der Waals surface area contributed by atoms with Gasteiger partial charge < -0.3 is 4.90 Å². The highest BCUT2D eigenvalue weighted by molar-refractivity contribution is 7.89. The minimum absolute atomic E-state index is 0.0654. The quantitative estimate of drug-likeness (QED) is 0.873. The van der Waals surface area contributed by atoms with Gasteiger partial charge in [0.15, 0.2) is 0 Å². The van der Waals surface area contributed by atoms with Gasteiger partial charge in [-0.3, -0.25) is 4.79 Å². The van der Waals surface area contributed by atoms with Gasteiger partial charge in [-0.25, -0.2) is 13.1 Å². The van der Waals surface area contributed by atoms with Gasteiger partial charge in [-0.1, -0.05) is 37.0 Å². The van der Waals surface area contributed by atoms with Crippen LogP contribution < -0.4 is 4.72 Å². The molecule has 0 unspecified atom stereocenters. The zero-order valence-corrected chi connectivity index (χ0v) is 15.7. The average Bonchev–Trinajstić information content (AvgIpc) is 2.61. The third-order valence-electron chi connectivity index (χ3n) is 5.61. The number of sulfonamides is 1. The van der Waals surface area contributed by atoms with Gasteiger partial charge in [0.1, 0.15) is 0 Å². The van der Waals surface area contributed by atoms with Crippen LogP contribution in [0.1, 0.15) is 44.1 Å². The van der Waals surface area contributed by atoms with Crippen molar-refractivity contribution in [2.45, 2.75) is 50.3 Å². The van der Waals surface area contributed by atoms with Crippen LogP contribution in [0.25, 0.3) is 0 Å². The van der Waals surface area contributed by atoms with Crippen LogP contribution in [0.4, 0.5) is 0 Å². The molecule has 6 heteroatoms. The summed E-state index contributed by atoms with van der Waals surface area (Å²) >= 11 is 0. The van der Waals surface area contributed by atoms with E-state index in [1.54, 1.807) is 24.3 Å². The van der Waals surface area contributed by atoms with Gasteiger partial charge in [0, 0.05) is 26.1 Å². The predicted molar refractivity (Wildman–Crippen MR) is 97.6 cm³/mol. The summed E-state index contributed by atoms with van der Waals surface area (Å²) in [5, 5.41) is 0. The zero-order valence-electron chi connectivity index (χ0n) is 14.9. The van der Waals surface area contributed by atoms with E-state index in [2.05, 4.69) is 4.72 Å². The summed E-state index contributed by atoms with van der Waals surface area (Å²) in [5.41, 5.74) is 1.01. The number of rotatable bonds is 5. The number of hydrogen-bond donors (Lipinski definition) is 1. The molecule has 1 amide bonds. The van der Waals surface area contributed by atoms with Crippen LogP contribution in [0.5, 0.6) is 0 Å². The fourth-order valence-electron chi connectivity index (χ4n) is 4.08. The average molecular weight is 365 g/mol. The van der Waals surface area contributed by atoms with Gasteiger partial charge >= 0.3 is 0 Å². The lowest BCUT2D eigenvalue weighted by Crippen LogP contribution is -2.45. The Balaban J connectivity index is 1.48. The first-order valence-electron chi connectivity index (χ1n) is 9.30. The molecule has 1 aliphatic carbocycles. The van der Waals surface area contributed by atoms with Crippen LogP contribution >= 0.6 is 0 Å². The number of benzene rings is 1. The van der Waals surface area contributed by atoms with Gasteiger partial charge in [0.05, 0.1) is 4.90 Å². The summed E-state index contributed by atoms with van der Waals surface area (Å²) < 4.78 is 27.1. The minimum atomic E-state index is -3.54. The molecule has 2 atom stereocenters. The highest BCUT2D eigenvalue weighted by Crippen LogP contribution is 2.36. The Morgan fingerprint density at radius 1 is 1.12 bits per heavy atom. The van der Waals surface area contributed by atoms with Gasteiger partial charge in [-0.2, -0.15) is 0 Å². The van der Waals surface area contributed by atoms with E-state index >= 15 is 0 Å². The first-order valence-corrected chi connectivity index (χ1v) is 10.8. The second-order valence-corrected chi connectivity index (χ2v) is 9.16. The molecule has 0 bridgehead atoms. The standard InChI is InChI=1S/C19H28N2O3S/c1-15-6-8-18(9-7-15)25(23,24)20-12-10-19(22)21-13-11-16-4-2-3-5-17(16)14-21/h6-9,16-17,20H,2-5,10-14H2,1H3/t16-,17-/m1/s1. The first-order chi connectivity index (χ1) is 12.0. The molecule has 0 radical (unpaired) electrons. The number of nitrogens with one attached hydrogen (secondary N) is 1. The van der Waals surface area contributed by atoms with Gasteiger partial charge in [-0.15, -0.1) is 0 Å². The van der Waals surface area contributed by atoms with Crippen molar-refractivity contribution >= 4 is 15.9 Å². The molecule has 1 aliphatic heterocycles. The molecule has 1 heterocycles. The number of fused-ring (bicyclic) bond motifs is 1. The summed E-state index contributed by atoms with van der Waals surface area (Å²) in [6, 6.07) is 6.72. The minimum Gasteiger partial charge on any atom is -0.342 e. The maximum atomic E-state index is 12.4. The number of nitrogens with zero attached hydrogens (tertiary/aromatic N) is 1. The summed E-state index contributed by atoms with van der Waals surface area (Å²) in [4.78, 5) is 14.6. The van der Waals surface area contributed by atoms with Crippen LogP contribution in [-0.2, 0) is 14.8 Å². The number of carbonyl (C=O) groups excluding carboxylic acids is 1. The van der Waals surface area contributed by atoms with Crippen molar-refractivity contribution in [2.75, 3.05) is 19.6 Å². The molecule has 2 fully saturated rings. The highest BCUT2D eigenvalue weighted by atomic mass is 32.2. The number of amides is 1. The maximum Gasteiger partial charge on any atom is 0.240 e. The van der Waals surface area contributed by atoms with Crippen molar-refractivity contribution in [2.24, 2.45) is 11.8 Å².